The lowest BCUT2D eigenvalue weighted by molar-refractivity contribution is 0.00300. The highest BCUT2D eigenvalue weighted by Crippen LogP contribution is 2.39. The molecule has 0 heterocycles. The van der Waals surface area contributed by atoms with E-state index < -0.39 is 12.5 Å². The Morgan fingerprint density at radius 2 is 1.88 bits per heavy atom. The van der Waals surface area contributed by atoms with E-state index in [0.717, 1.165) is 0 Å². The fourth-order valence-corrected chi connectivity index (χ4v) is 1.57. The summed E-state index contributed by atoms with van der Waals surface area (Å²) in [7, 11) is 2.80. The van der Waals surface area contributed by atoms with Crippen LogP contribution in [0.3, 0.4) is 0 Å². The van der Waals surface area contributed by atoms with Crippen LogP contribution in [0, 0.1) is 6.92 Å². The maximum absolute atomic E-state index is 13.6. The van der Waals surface area contributed by atoms with Gasteiger partial charge < -0.3 is 15.2 Å². The van der Waals surface area contributed by atoms with Gasteiger partial charge >= 0.3 is 0 Å². The number of aryl methyl sites for hydroxylation is 1. The molecule has 0 bridgehead atoms. The van der Waals surface area contributed by atoms with Gasteiger partial charge in [-0.1, -0.05) is 0 Å². The molecule has 0 spiro atoms. The van der Waals surface area contributed by atoms with Crippen LogP contribution < -0.4 is 15.2 Å². The fourth-order valence-electron chi connectivity index (χ4n) is 1.57. The van der Waals surface area contributed by atoms with Gasteiger partial charge in [0, 0.05) is 6.07 Å². The van der Waals surface area contributed by atoms with Crippen LogP contribution >= 0.6 is 0 Å². The lowest BCUT2D eigenvalue weighted by Gasteiger charge is -2.20. The van der Waals surface area contributed by atoms with Gasteiger partial charge in [0.1, 0.15) is 11.5 Å². The SMILES string of the molecule is COc1cc(C)c(C(F)(F)CN)c(OC)c1. The van der Waals surface area contributed by atoms with Crippen LogP contribution in [0.2, 0.25) is 0 Å². The summed E-state index contributed by atoms with van der Waals surface area (Å²) >= 11 is 0. The molecular formula is C11H15F2NO2. The summed E-state index contributed by atoms with van der Waals surface area (Å²) < 4.78 is 37.1. The largest absolute Gasteiger partial charge is 0.497 e. The standard InChI is InChI=1S/C11H15F2NO2/c1-7-4-8(15-2)5-9(16-3)10(7)11(12,13)6-14/h4-5H,6,14H2,1-3H3. The zero-order chi connectivity index (χ0) is 12.3. The average Bonchev–Trinajstić information content (AvgIpc) is 2.27. The van der Waals surface area contributed by atoms with E-state index in [1.54, 1.807) is 6.92 Å². The number of alkyl halides is 2. The van der Waals surface area contributed by atoms with E-state index in [1.165, 1.54) is 26.4 Å². The highest BCUT2D eigenvalue weighted by Gasteiger charge is 2.35. The Morgan fingerprint density at radius 3 is 2.31 bits per heavy atom. The van der Waals surface area contributed by atoms with Gasteiger partial charge in [-0.15, -0.1) is 0 Å². The summed E-state index contributed by atoms with van der Waals surface area (Å²) in [5.74, 6) is -2.53. The van der Waals surface area contributed by atoms with Gasteiger partial charge in [0.25, 0.3) is 5.92 Å². The van der Waals surface area contributed by atoms with Crippen molar-refractivity contribution in [1.29, 1.82) is 0 Å². The summed E-state index contributed by atoms with van der Waals surface area (Å²) in [5.41, 5.74) is 5.28. The summed E-state index contributed by atoms with van der Waals surface area (Å²) in [6.45, 7) is 0.820. The Kier molecular flexibility index (Phi) is 3.70. The quantitative estimate of drug-likeness (QED) is 0.862. The molecule has 0 unspecified atom stereocenters. The van der Waals surface area contributed by atoms with Gasteiger partial charge in [0.15, 0.2) is 0 Å². The van der Waals surface area contributed by atoms with Crippen LogP contribution in [-0.2, 0) is 5.92 Å². The summed E-state index contributed by atoms with van der Waals surface area (Å²) in [4.78, 5) is 0. The molecule has 90 valence electrons. The summed E-state index contributed by atoms with van der Waals surface area (Å²) in [6, 6.07) is 2.95. The minimum Gasteiger partial charge on any atom is -0.497 e. The van der Waals surface area contributed by atoms with Crippen molar-refractivity contribution in [3.63, 3.8) is 0 Å². The number of methoxy groups -OCH3 is 2. The molecule has 0 saturated heterocycles. The highest BCUT2D eigenvalue weighted by atomic mass is 19.3. The lowest BCUT2D eigenvalue weighted by Crippen LogP contribution is -2.26. The van der Waals surface area contributed by atoms with Crippen molar-refractivity contribution < 1.29 is 18.3 Å². The van der Waals surface area contributed by atoms with Gasteiger partial charge in [-0.3, -0.25) is 0 Å². The Hall–Kier alpha value is -1.36. The van der Waals surface area contributed by atoms with Crippen LogP contribution in [0.5, 0.6) is 11.5 Å². The van der Waals surface area contributed by atoms with E-state index in [-0.39, 0.29) is 11.3 Å². The van der Waals surface area contributed by atoms with Crippen molar-refractivity contribution >= 4 is 0 Å². The number of ether oxygens (including phenoxy) is 2. The van der Waals surface area contributed by atoms with Crippen LogP contribution in [0.4, 0.5) is 8.78 Å². The predicted molar refractivity (Wildman–Crippen MR) is 57.2 cm³/mol. The monoisotopic (exact) mass is 231 g/mol. The van der Waals surface area contributed by atoms with Crippen molar-refractivity contribution in [3.8, 4) is 11.5 Å². The fraction of sp³-hybridized carbons (Fsp3) is 0.455. The molecule has 0 saturated carbocycles. The molecule has 5 heteroatoms. The lowest BCUT2D eigenvalue weighted by atomic mass is 10.0. The maximum atomic E-state index is 13.6. The number of benzene rings is 1. The number of hydrogen-bond donors (Lipinski definition) is 1. The normalized spacial score (nSPS) is 11.4. The van der Waals surface area contributed by atoms with Crippen molar-refractivity contribution in [3.05, 3.63) is 23.3 Å². The molecule has 3 nitrogen and oxygen atoms in total. The first-order chi connectivity index (χ1) is 7.46. The van der Waals surface area contributed by atoms with Crippen LogP contribution in [0.25, 0.3) is 0 Å². The van der Waals surface area contributed by atoms with E-state index >= 15 is 0 Å². The second-order valence-corrected chi connectivity index (χ2v) is 3.43. The molecule has 16 heavy (non-hydrogen) atoms. The average molecular weight is 231 g/mol. The van der Waals surface area contributed by atoms with E-state index in [9.17, 15) is 8.78 Å². The third-order valence-corrected chi connectivity index (χ3v) is 2.35. The molecule has 2 N–H and O–H groups in total. The van der Waals surface area contributed by atoms with E-state index in [0.29, 0.717) is 11.3 Å². The van der Waals surface area contributed by atoms with Crippen molar-refractivity contribution in [1.82, 2.24) is 0 Å². The van der Waals surface area contributed by atoms with Crippen LogP contribution in [0.1, 0.15) is 11.1 Å². The van der Waals surface area contributed by atoms with Gasteiger partial charge in [-0.25, -0.2) is 0 Å². The molecule has 0 aliphatic carbocycles. The summed E-state index contributed by atoms with van der Waals surface area (Å²) in [5, 5.41) is 0. The smallest absolute Gasteiger partial charge is 0.289 e. The molecular weight excluding hydrogens is 216 g/mol. The summed E-state index contributed by atoms with van der Waals surface area (Å²) in [6.07, 6.45) is 0. The van der Waals surface area contributed by atoms with E-state index in [1.807, 2.05) is 0 Å². The third kappa shape index (κ3) is 2.24. The van der Waals surface area contributed by atoms with E-state index in [2.05, 4.69) is 0 Å². The topological polar surface area (TPSA) is 44.5 Å². The van der Waals surface area contributed by atoms with Gasteiger partial charge in [0.05, 0.1) is 26.3 Å². The highest BCUT2D eigenvalue weighted by molar-refractivity contribution is 5.48. The minimum absolute atomic E-state index is 0.0901. The van der Waals surface area contributed by atoms with Crippen molar-refractivity contribution in [2.45, 2.75) is 12.8 Å². The first kappa shape index (κ1) is 12.7. The van der Waals surface area contributed by atoms with E-state index in [4.69, 9.17) is 15.2 Å². The zero-order valence-corrected chi connectivity index (χ0v) is 9.51. The Bertz CT molecular complexity index is 380. The van der Waals surface area contributed by atoms with Crippen LogP contribution in [0.15, 0.2) is 12.1 Å². The number of nitrogens with two attached hydrogens (primary N) is 1. The van der Waals surface area contributed by atoms with Gasteiger partial charge in [-0.2, -0.15) is 8.78 Å². The Morgan fingerprint density at radius 1 is 1.25 bits per heavy atom. The second kappa shape index (κ2) is 4.65. The van der Waals surface area contributed by atoms with Gasteiger partial charge in [0.2, 0.25) is 0 Å². The molecule has 0 fully saturated rings. The predicted octanol–water partition coefficient (Wildman–Crippen LogP) is 2.06. The molecule has 1 aromatic carbocycles. The first-order valence-corrected chi connectivity index (χ1v) is 4.77. The molecule has 0 aliphatic rings. The number of halogens is 2. The maximum Gasteiger partial charge on any atom is 0.289 e. The minimum atomic E-state index is -3.10. The first-order valence-electron chi connectivity index (χ1n) is 4.77. The zero-order valence-electron chi connectivity index (χ0n) is 9.51. The number of hydrogen-bond acceptors (Lipinski definition) is 3. The molecule has 1 rings (SSSR count). The Labute approximate surface area is 93.2 Å². The Balaban J connectivity index is 3.38. The van der Waals surface area contributed by atoms with Crippen molar-refractivity contribution in [2.24, 2.45) is 5.73 Å². The molecule has 0 atom stereocenters. The van der Waals surface area contributed by atoms with Gasteiger partial charge in [-0.05, 0) is 18.6 Å². The molecule has 0 aliphatic heterocycles. The second-order valence-electron chi connectivity index (χ2n) is 3.43. The molecule has 0 radical (unpaired) electrons. The molecule has 1 aromatic rings. The third-order valence-electron chi connectivity index (χ3n) is 2.35. The number of rotatable bonds is 4. The molecule has 0 aromatic heterocycles. The van der Waals surface area contributed by atoms with Crippen molar-refractivity contribution in [2.75, 3.05) is 20.8 Å². The molecule has 0 amide bonds. The van der Waals surface area contributed by atoms with Crippen LogP contribution in [-0.4, -0.2) is 20.8 Å².